The number of nitrogens with one attached hydrogen (secondary N) is 1. The van der Waals surface area contributed by atoms with Crippen LogP contribution in [0.5, 0.6) is 0 Å². The molecule has 0 aliphatic rings. The van der Waals surface area contributed by atoms with E-state index in [2.05, 4.69) is 5.32 Å². The monoisotopic (exact) mass is 703 g/mol. The van der Waals surface area contributed by atoms with Crippen LogP contribution in [0.2, 0.25) is 5.02 Å². The highest BCUT2D eigenvalue weighted by Gasteiger charge is 2.37. The van der Waals surface area contributed by atoms with E-state index in [-0.39, 0.29) is 17.9 Å². The van der Waals surface area contributed by atoms with E-state index in [0.717, 1.165) is 17.7 Å². The van der Waals surface area contributed by atoms with Crippen molar-refractivity contribution in [3.05, 3.63) is 130 Å². The molecule has 0 bridgehead atoms. The van der Waals surface area contributed by atoms with E-state index >= 15 is 0 Å². The second-order valence-electron chi connectivity index (χ2n) is 11.1. The number of alkyl halides is 3. The molecule has 254 valence electrons. The van der Waals surface area contributed by atoms with Gasteiger partial charge in [-0.05, 0) is 66.9 Å². The molecule has 4 rings (SSSR count). The van der Waals surface area contributed by atoms with Crippen LogP contribution in [-0.2, 0) is 38.8 Å². The quantitative estimate of drug-likeness (QED) is 0.150. The number of benzene rings is 4. The average molecular weight is 704 g/mol. The van der Waals surface area contributed by atoms with E-state index in [0.29, 0.717) is 34.5 Å². The van der Waals surface area contributed by atoms with E-state index in [1.807, 2.05) is 6.92 Å². The van der Waals surface area contributed by atoms with E-state index < -0.39 is 62.7 Å². The van der Waals surface area contributed by atoms with Crippen molar-refractivity contribution >= 4 is 39.1 Å². The van der Waals surface area contributed by atoms with Gasteiger partial charge in [0.15, 0.2) is 0 Å². The Morgan fingerprint density at radius 1 is 0.896 bits per heavy atom. The van der Waals surface area contributed by atoms with Crippen molar-refractivity contribution in [3.63, 3.8) is 0 Å². The molecule has 1 N–H and O–H groups in total. The number of sulfonamides is 1. The minimum absolute atomic E-state index is 0.0349. The zero-order valence-electron chi connectivity index (χ0n) is 26.2. The summed E-state index contributed by atoms with van der Waals surface area (Å²) in [6.07, 6.45) is -4.30. The largest absolute Gasteiger partial charge is 0.417 e. The number of halogens is 5. The Morgan fingerprint density at radius 2 is 1.54 bits per heavy atom. The predicted molar refractivity (Wildman–Crippen MR) is 176 cm³/mol. The van der Waals surface area contributed by atoms with Crippen molar-refractivity contribution in [2.45, 2.75) is 50.3 Å². The number of rotatable bonds is 13. The highest BCUT2D eigenvalue weighted by atomic mass is 35.5. The fraction of sp³-hybridized carbons (Fsp3) is 0.257. The first-order valence-corrected chi connectivity index (χ1v) is 16.8. The first-order valence-electron chi connectivity index (χ1n) is 15.0. The van der Waals surface area contributed by atoms with Crippen molar-refractivity contribution in [1.29, 1.82) is 0 Å². The molecule has 0 aromatic heterocycles. The summed E-state index contributed by atoms with van der Waals surface area (Å²) in [4.78, 5) is 29.0. The number of carbonyl (C=O) groups excluding carboxylic acids is 2. The van der Waals surface area contributed by atoms with Crippen molar-refractivity contribution in [3.8, 4) is 0 Å². The van der Waals surface area contributed by atoms with Crippen LogP contribution >= 0.6 is 11.6 Å². The van der Waals surface area contributed by atoms with Gasteiger partial charge in [-0.3, -0.25) is 13.9 Å². The summed E-state index contributed by atoms with van der Waals surface area (Å²) in [5.74, 6) is -1.93. The van der Waals surface area contributed by atoms with E-state index in [9.17, 15) is 35.6 Å². The minimum Gasteiger partial charge on any atom is -0.354 e. The van der Waals surface area contributed by atoms with E-state index in [1.54, 1.807) is 37.3 Å². The Kier molecular flexibility index (Phi) is 11.9. The number of amides is 2. The van der Waals surface area contributed by atoms with E-state index in [1.165, 1.54) is 53.4 Å². The standard InChI is InChI=1S/C35H34ClF4N3O4S/c1-3-19-41-34(45)32(20-25-7-5-4-6-8-25)42(22-26-11-13-27(37)14-12-26)33(44)23-43(48(46,47)29-16-9-24(2)10-17-29)28-15-18-31(36)30(21-28)35(38,39)40/h4-18,21,32H,3,19-20,22-23H2,1-2H3,(H,41,45)/t32-/m1/s1. The molecule has 0 unspecified atom stereocenters. The second kappa shape index (κ2) is 15.7. The molecule has 48 heavy (non-hydrogen) atoms. The third-order valence-corrected chi connectivity index (χ3v) is 9.64. The molecule has 0 aliphatic heterocycles. The first kappa shape index (κ1) is 36.4. The molecule has 0 saturated heterocycles. The number of anilines is 1. The van der Waals surface area contributed by atoms with Crippen LogP contribution in [0, 0.1) is 12.7 Å². The normalized spacial score (nSPS) is 12.3. The molecule has 1 atom stereocenters. The fourth-order valence-electron chi connectivity index (χ4n) is 4.96. The number of aryl methyl sites for hydroxylation is 1. The third-order valence-electron chi connectivity index (χ3n) is 7.52. The van der Waals surface area contributed by atoms with Crippen molar-refractivity contribution in [1.82, 2.24) is 10.2 Å². The number of nitrogens with zero attached hydrogens (tertiary/aromatic N) is 2. The van der Waals surface area contributed by atoms with Gasteiger partial charge in [0.2, 0.25) is 11.8 Å². The summed E-state index contributed by atoms with van der Waals surface area (Å²) in [7, 11) is -4.65. The lowest BCUT2D eigenvalue weighted by molar-refractivity contribution is -0.140. The van der Waals surface area contributed by atoms with Gasteiger partial charge in [-0.25, -0.2) is 12.8 Å². The molecule has 0 aliphatic carbocycles. The molecule has 0 radical (unpaired) electrons. The Morgan fingerprint density at radius 3 is 2.15 bits per heavy atom. The van der Waals surface area contributed by atoms with Gasteiger partial charge in [-0.2, -0.15) is 13.2 Å². The molecule has 7 nitrogen and oxygen atoms in total. The van der Waals surface area contributed by atoms with Crippen molar-refractivity contribution in [2.24, 2.45) is 0 Å². The van der Waals surface area contributed by atoms with Gasteiger partial charge in [0.1, 0.15) is 18.4 Å². The van der Waals surface area contributed by atoms with Gasteiger partial charge in [-0.15, -0.1) is 0 Å². The van der Waals surface area contributed by atoms with Crippen molar-refractivity contribution < 1.29 is 35.6 Å². The lowest BCUT2D eigenvalue weighted by Gasteiger charge is -2.34. The molecular formula is C35H34ClF4N3O4S. The second-order valence-corrected chi connectivity index (χ2v) is 13.4. The van der Waals surface area contributed by atoms with Crippen LogP contribution < -0.4 is 9.62 Å². The van der Waals surface area contributed by atoms with Gasteiger partial charge < -0.3 is 10.2 Å². The molecule has 0 heterocycles. The fourth-order valence-corrected chi connectivity index (χ4v) is 6.59. The van der Waals surface area contributed by atoms with Crippen LogP contribution in [0.4, 0.5) is 23.2 Å². The maximum atomic E-state index is 14.4. The Balaban J connectivity index is 1.85. The molecule has 0 spiro atoms. The number of hydrogen-bond donors (Lipinski definition) is 1. The lowest BCUT2D eigenvalue weighted by Crippen LogP contribution is -2.53. The Bertz CT molecular complexity index is 1820. The van der Waals surface area contributed by atoms with Gasteiger partial charge in [0.25, 0.3) is 10.0 Å². The summed E-state index contributed by atoms with van der Waals surface area (Å²) in [5, 5.41) is 2.14. The van der Waals surface area contributed by atoms with Gasteiger partial charge in [0.05, 0.1) is 21.2 Å². The number of hydrogen-bond acceptors (Lipinski definition) is 4. The Labute approximate surface area is 282 Å². The van der Waals surface area contributed by atoms with Gasteiger partial charge in [0, 0.05) is 19.5 Å². The SMILES string of the molecule is CCCNC(=O)[C@@H](Cc1ccccc1)N(Cc1ccc(F)cc1)C(=O)CN(c1ccc(Cl)c(C(F)(F)F)c1)S(=O)(=O)c1ccc(C)cc1. The number of carbonyl (C=O) groups is 2. The smallest absolute Gasteiger partial charge is 0.354 e. The van der Waals surface area contributed by atoms with Crippen LogP contribution in [0.1, 0.15) is 35.6 Å². The minimum atomic E-state index is -4.93. The Hall–Kier alpha value is -4.42. The van der Waals surface area contributed by atoms with E-state index in [4.69, 9.17) is 11.6 Å². The summed E-state index contributed by atoms with van der Waals surface area (Å²) in [6, 6.07) is 21.1. The molecule has 0 fully saturated rings. The maximum absolute atomic E-state index is 14.4. The summed E-state index contributed by atoms with van der Waals surface area (Å²) in [6.45, 7) is 2.67. The maximum Gasteiger partial charge on any atom is 0.417 e. The zero-order valence-corrected chi connectivity index (χ0v) is 27.7. The third kappa shape index (κ3) is 9.13. The first-order chi connectivity index (χ1) is 22.7. The topological polar surface area (TPSA) is 86.8 Å². The molecule has 4 aromatic carbocycles. The van der Waals surface area contributed by atoms with Crippen LogP contribution in [0.3, 0.4) is 0 Å². The zero-order chi connectivity index (χ0) is 35.1. The molecular weight excluding hydrogens is 670 g/mol. The highest BCUT2D eigenvalue weighted by molar-refractivity contribution is 7.92. The van der Waals surface area contributed by atoms with Crippen molar-refractivity contribution in [2.75, 3.05) is 17.4 Å². The summed E-state index contributed by atoms with van der Waals surface area (Å²) < 4.78 is 84.4. The lowest BCUT2D eigenvalue weighted by atomic mass is 10.0. The average Bonchev–Trinajstić information content (AvgIpc) is 3.05. The van der Waals surface area contributed by atoms with Gasteiger partial charge >= 0.3 is 6.18 Å². The molecule has 13 heteroatoms. The van der Waals surface area contributed by atoms with Crippen LogP contribution in [0.25, 0.3) is 0 Å². The van der Waals surface area contributed by atoms with Gasteiger partial charge in [-0.1, -0.05) is 78.7 Å². The van der Waals surface area contributed by atoms with Crippen LogP contribution in [-0.4, -0.2) is 44.3 Å². The molecule has 4 aromatic rings. The highest BCUT2D eigenvalue weighted by Crippen LogP contribution is 2.38. The summed E-state index contributed by atoms with van der Waals surface area (Å²) in [5.41, 5.74) is 0.113. The molecule has 2 amide bonds. The molecule has 0 saturated carbocycles. The predicted octanol–water partition coefficient (Wildman–Crippen LogP) is 7.17. The summed E-state index contributed by atoms with van der Waals surface area (Å²) >= 11 is 5.85. The van der Waals surface area contributed by atoms with Crippen LogP contribution in [0.15, 0.2) is 102 Å².